The van der Waals surface area contributed by atoms with E-state index in [2.05, 4.69) is 5.32 Å². The van der Waals surface area contributed by atoms with Gasteiger partial charge in [-0.05, 0) is 45.0 Å². The van der Waals surface area contributed by atoms with Crippen molar-refractivity contribution in [3.63, 3.8) is 0 Å². The van der Waals surface area contributed by atoms with E-state index < -0.39 is 15.1 Å². The van der Waals surface area contributed by atoms with Crippen LogP contribution in [0, 0.1) is 0 Å². The van der Waals surface area contributed by atoms with Crippen molar-refractivity contribution in [2.75, 3.05) is 19.6 Å². The molecule has 1 amide bonds. The first kappa shape index (κ1) is 16.0. The molecule has 1 aliphatic rings. The quantitative estimate of drug-likeness (QED) is 0.914. The zero-order valence-corrected chi connectivity index (χ0v) is 13.5. The lowest BCUT2D eigenvalue weighted by Crippen LogP contribution is -2.52. The van der Waals surface area contributed by atoms with Crippen LogP contribution >= 0.6 is 0 Å². The van der Waals surface area contributed by atoms with Crippen LogP contribution in [0.15, 0.2) is 29.2 Å². The van der Waals surface area contributed by atoms with Crippen LogP contribution in [0.25, 0.3) is 0 Å². The van der Waals surface area contributed by atoms with Crippen molar-refractivity contribution in [3.8, 4) is 0 Å². The van der Waals surface area contributed by atoms with E-state index in [4.69, 9.17) is 0 Å². The first-order valence-electron chi connectivity index (χ1n) is 7.19. The lowest BCUT2D eigenvalue weighted by Gasteiger charge is -2.34. The van der Waals surface area contributed by atoms with Crippen molar-refractivity contribution < 1.29 is 13.2 Å². The number of sulfone groups is 1. The van der Waals surface area contributed by atoms with Gasteiger partial charge < -0.3 is 10.2 Å². The van der Waals surface area contributed by atoms with Crippen molar-refractivity contribution in [2.24, 2.45) is 0 Å². The summed E-state index contributed by atoms with van der Waals surface area (Å²) in [7, 11) is -3.29. The molecule has 1 aromatic carbocycles. The Balaban J connectivity index is 2.21. The SMILES string of the molecule is CC(C)S(=O)(=O)c1ccc(C(=O)N2CCNC[C@H]2C)cc1. The number of hydrogen-bond donors (Lipinski definition) is 1. The van der Waals surface area contributed by atoms with Crippen molar-refractivity contribution in [1.82, 2.24) is 10.2 Å². The summed E-state index contributed by atoms with van der Waals surface area (Å²) in [6.45, 7) is 7.54. The third-order valence-electron chi connectivity index (χ3n) is 3.81. The van der Waals surface area contributed by atoms with E-state index in [-0.39, 0.29) is 16.8 Å². The Morgan fingerprint density at radius 3 is 2.43 bits per heavy atom. The summed E-state index contributed by atoms with van der Waals surface area (Å²) >= 11 is 0. The van der Waals surface area contributed by atoms with Crippen molar-refractivity contribution in [2.45, 2.75) is 37.0 Å². The number of rotatable bonds is 3. The van der Waals surface area contributed by atoms with Gasteiger partial charge in [0.25, 0.3) is 5.91 Å². The standard InChI is InChI=1S/C15H22N2O3S/c1-11(2)21(19,20)14-6-4-13(5-7-14)15(18)17-9-8-16-10-12(17)3/h4-7,11-12,16H,8-10H2,1-3H3/t12-/m1/s1. The molecule has 1 heterocycles. The molecule has 1 atom stereocenters. The Labute approximate surface area is 126 Å². The number of nitrogens with zero attached hydrogens (tertiary/aromatic N) is 1. The summed E-state index contributed by atoms with van der Waals surface area (Å²) in [4.78, 5) is 14.5. The summed E-state index contributed by atoms with van der Waals surface area (Å²) in [6.07, 6.45) is 0. The topological polar surface area (TPSA) is 66.5 Å². The first-order chi connectivity index (χ1) is 9.84. The fourth-order valence-corrected chi connectivity index (χ4v) is 3.43. The Morgan fingerprint density at radius 1 is 1.29 bits per heavy atom. The van der Waals surface area contributed by atoms with Gasteiger partial charge in [-0.3, -0.25) is 4.79 Å². The van der Waals surface area contributed by atoms with E-state index in [0.29, 0.717) is 12.1 Å². The molecule has 1 saturated heterocycles. The maximum Gasteiger partial charge on any atom is 0.254 e. The third-order valence-corrected chi connectivity index (χ3v) is 5.98. The van der Waals surface area contributed by atoms with Crippen LogP contribution in [-0.4, -0.2) is 50.2 Å². The van der Waals surface area contributed by atoms with Gasteiger partial charge in [0, 0.05) is 31.2 Å². The van der Waals surface area contributed by atoms with Gasteiger partial charge in [0.1, 0.15) is 0 Å². The summed E-state index contributed by atoms with van der Waals surface area (Å²) in [5.74, 6) is -0.0440. The molecule has 5 nitrogen and oxygen atoms in total. The highest BCUT2D eigenvalue weighted by molar-refractivity contribution is 7.92. The van der Waals surface area contributed by atoms with E-state index in [0.717, 1.165) is 13.1 Å². The van der Waals surface area contributed by atoms with Crippen LogP contribution in [-0.2, 0) is 9.84 Å². The molecule has 6 heteroatoms. The summed E-state index contributed by atoms with van der Waals surface area (Å²) in [6, 6.07) is 6.40. The number of amides is 1. The van der Waals surface area contributed by atoms with Crippen molar-refractivity contribution >= 4 is 15.7 Å². The Hall–Kier alpha value is -1.40. The van der Waals surface area contributed by atoms with E-state index in [9.17, 15) is 13.2 Å². The minimum Gasteiger partial charge on any atom is -0.333 e. The fraction of sp³-hybridized carbons (Fsp3) is 0.533. The predicted octanol–water partition coefficient (Wildman–Crippen LogP) is 1.30. The fourth-order valence-electron chi connectivity index (χ4n) is 2.37. The Kier molecular flexibility index (Phi) is 4.68. The van der Waals surface area contributed by atoms with Crippen LogP contribution in [0.2, 0.25) is 0 Å². The van der Waals surface area contributed by atoms with Gasteiger partial charge in [-0.25, -0.2) is 8.42 Å². The number of piperazine rings is 1. The monoisotopic (exact) mass is 310 g/mol. The average molecular weight is 310 g/mol. The molecule has 0 aromatic heterocycles. The molecule has 1 aliphatic heterocycles. The van der Waals surface area contributed by atoms with Crippen molar-refractivity contribution in [1.29, 1.82) is 0 Å². The largest absolute Gasteiger partial charge is 0.333 e. The molecule has 0 bridgehead atoms. The normalized spacial score (nSPS) is 19.8. The van der Waals surface area contributed by atoms with E-state index in [1.165, 1.54) is 12.1 Å². The van der Waals surface area contributed by atoms with Crippen molar-refractivity contribution in [3.05, 3.63) is 29.8 Å². The number of nitrogens with one attached hydrogen (secondary N) is 1. The van der Waals surface area contributed by atoms with E-state index in [1.807, 2.05) is 11.8 Å². The summed E-state index contributed by atoms with van der Waals surface area (Å²) < 4.78 is 24.1. The van der Waals surface area contributed by atoms with Crippen LogP contribution in [0.4, 0.5) is 0 Å². The Morgan fingerprint density at radius 2 is 1.90 bits per heavy atom. The zero-order chi connectivity index (χ0) is 15.6. The number of hydrogen-bond acceptors (Lipinski definition) is 4. The second-order valence-corrected chi connectivity index (χ2v) is 8.17. The van der Waals surface area contributed by atoms with Gasteiger partial charge in [-0.15, -0.1) is 0 Å². The Bertz CT molecular complexity index is 608. The number of carbonyl (C=O) groups is 1. The van der Waals surface area contributed by atoms with Gasteiger partial charge >= 0.3 is 0 Å². The molecule has 0 radical (unpaired) electrons. The highest BCUT2D eigenvalue weighted by Gasteiger charge is 2.25. The molecule has 0 unspecified atom stereocenters. The summed E-state index contributed by atoms with van der Waals surface area (Å²) in [5, 5.41) is 2.77. The van der Waals surface area contributed by atoms with Gasteiger partial charge in [-0.1, -0.05) is 0 Å². The average Bonchev–Trinajstić information content (AvgIpc) is 2.47. The van der Waals surface area contributed by atoms with Gasteiger partial charge in [0.2, 0.25) is 0 Å². The van der Waals surface area contributed by atoms with Crippen LogP contribution < -0.4 is 5.32 Å². The molecular weight excluding hydrogens is 288 g/mol. The maximum atomic E-state index is 12.5. The highest BCUT2D eigenvalue weighted by atomic mass is 32.2. The van der Waals surface area contributed by atoms with Gasteiger partial charge in [-0.2, -0.15) is 0 Å². The first-order valence-corrected chi connectivity index (χ1v) is 8.74. The summed E-state index contributed by atoms with van der Waals surface area (Å²) in [5.41, 5.74) is 0.534. The third kappa shape index (κ3) is 3.27. The number of benzene rings is 1. The van der Waals surface area contributed by atoms with E-state index >= 15 is 0 Å². The van der Waals surface area contributed by atoms with Crippen LogP contribution in [0.1, 0.15) is 31.1 Å². The lowest BCUT2D eigenvalue weighted by atomic mass is 10.1. The second kappa shape index (κ2) is 6.15. The molecule has 21 heavy (non-hydrogen) atoms. The molecule has 1 fully saturated rings. The molecule has 0 spiro atoms. The molecule has 0 saturated carbocycles. The van der Waals surface area contributed by atoms with Gasteiger partial charge in [0.05, 0.1) is 10.1 Å². The van der Waals surface area contributed by atoms with E-state index in [1.54, 1.807) is 26.0 Å². The van der Waals surface area contributed by atoms with Gasteiger partial charge in [0.15, 0.2) is 9.84 Å². The lowest BCUT2D eigenvalue weighted by molar-refractivity contribution is 0.0655. The minimum atomic E-state index is -3.29. The minimum absolute atomic E-state index is 0.0440. The molecular formula is C15H22N2O3S. The molecule has 2 rings (SSSR count). The van der Waals surface area contributed by atoms with Crippen LogP contribution in [0.3, 0.4) is 0 Å². The number of carbonyl (C=O) groups excluding carboxylic acids is 1. The molecule has 1 aromatic rings. The molecule has 0 aliphatic carbocycles. The second-order valence-electron chi connectivity index (χ2n) is 5.67. The highest BCUT2D eigenvalue weighted by Crippen LogP contribution is 2.18. The van der Waals surface area contributed by atoms with Crippen LogP contribution in [0.5, 0.6) is 0 Å². The smallest absolute Gasteiger partial charge is 0.254 e. The predicted molar refractivity (Wildman–Crippen MR) is 82.1 cm³/mol. The molecule has 1 N–H and O–H groups in total. The molecule has 116 valence electrons. The zero-order valence-electron chi connectivity index (χ0n) is 12.7. The maximum absolute atomic E-state index is 12.5.